The monoisotopic (exact) mass is 404 g/mol. The molecule has 4 saturated carbocycles. The lowest BCUT2D eigenvalue weighted by Gasteiger charge is -2.57. The second kappa shape index (κ2) is 6.38. The molecule has 146 valence electrons. The van der Waals surface area contributed by atoms with Crippen LogP contribution in [0.3, 0.4) is 0 Å². The lowest BCUT2D eigenvalue weighted by molar-refractivity contribution is -0.131. The average Bonchev–Trinajstić information content (AvgIpc) is 2.98. The maximum Gasteiger partial charge on any atom is 0.224 e. The molecule has 2 heterocycles. The Morgan fingerprint density at radius 3 is 2.52 bits per heavy atom. The maximum absolute atomic E-state index is 13.4. The smallest absolute Gasteiger partial charge is 0.224 e. The topological polar surface area (TPSA) is 41.5 Å². The van der Waals surface area contributed by atoms with Crippen LogP contribution in [0.25, 0.3) is 0 Å². The Hall–Kier alpha value is -0.740. The molecule has 4 bridgehead atoms. The van der Waals surface area contributed by atoms with Gasteiger partial charge in [-0.3, -0.25) is 9.79 Å². The van der Waals surface area contributed by atoms with Crippen LogP contribution in [0, 0.1) is 29.6 Å². The molecule has 5 heteroatoms. The Balaban J connectivity index is 0.00000160. The standard InChI is InChI=1S/C22H28N2OS.ClH/c25-20(24-21-10-14-7-15(11-21)9-16(8-14)12-21)17-13-26-22-5-2-1-3-19(22)23-6-4-18(17)22;/h1-3,5,14-18H,4,6-13H2,(H,24,25);1H. The Morgan fingerprint density at radius 2 is 1.81 bits per heavy atom. The van der Waals surface area contributed by atoms with E-state index in [4.69, 9.17) is 4.99 Å². The molecule has 3 atom stereocenters. The van der Waals surface area contributed by atoms with Crippen LogP contribution >= 0.6 is 24.2 Å². The van der Waals surface area contributed by atoms with Crippen LogP contribution in [0.1, 0.15) is 44.9 Å². The Bertz CT molecular complexity index is 709. The molecule has 27 heavy (non-hydrogen) atoms. The van der Waals surface area contributed by atoms with E-state index >= 15 is 0 Å². The van der Waals surface area contributed by atoms with E-state index < -0.39 is 0 Å². The van der Waals surface area contributed by atoms with Gasteiger partial charge in [0.1, 0.15) is 0 Å². The zero-order valence-corrected chi connectivity index (χ0v) is 17.4. The highest BCUT2D eigenvalue weighted by molar-refractivity contribution is 8.02. The molecular formula is C22H29ClN2OS. The predicted octanol–water partition coefficient (Wildman–Crippen LogP) is 4.18. The maximum atomic E-state index is 13.4. The van der Waals surface area contributed by atoms with Crippen molar-refractivity contribution in [2.24, 2.45) is 34.6 Å². The number of nitrogens with one attached hydrogen (secondary N) is 1. The summed E-state index contributed by atoms with van der Waals surface area (Å²) in [4.78, 5) is 18.2. The molecule has 1 spiro atoms. The summed E-state index contributed by atoms with van der Waals surface area (Å²) in [6.07, 6.45) is 17.8. The first kappa shape index (κ1) is 18.3. The van der Waals surface area contributed by atoms with Gasteiger partial charge >= 0.3 is 0 Å². The summed E-state index contributed by atoms with van der Waals surface area (Å²) < 4.78 is -0.0313. The molecule has 3 nitrogen and oxygen atoms in total. The van der Waals surface area contributed by atoms with Crippen molar-refractivity contribution in [2.75, 3.05) is 12.3 Å². The van der Waals surface area contributed by atoms with Crippen LogP contribution < -0.4 is 5.32 Å². The van der Waals surface area contributed by atoms with Crippen molar-refractivity contribution in [2.45, 2.75) is 55.2 Å². The van der Waals surface area contributed by atoms with E-state index in [1.165, 1.54) is 44.2 Å². The molecule has 1 amide bonds. The molecule has 1 saturated heterocycles. The molecule has 3 unspecified atom stereocenters. The summed E-state index contributed by atoms with van der Waals surface area (Å²) in [5.41, 5.74) is 1.34. The van der Waals surface area contributed by atoms with Gasteiger partial charge in [0.2, 0.25) is 5.91 Å². The minimum atomic E-state index is -0.0313. The summed E-state index contributed by atoms with van der Waals surface area (Å²) in [6, 6.07) is 0. The molecule has 0 aromatic heterocycles. The van der Waals surface area contributed by atoms with Crippen LogP contribution in [-0.4, -0.2) is 34.2 Å². The van der Waals surface area contributed by atoms with E-state index in [9.17, 15) is 4.79 Å². The number of carbonyl (C=O) groups is 1. The molecule has 1 N–H and O–H groups in total. The van der Waals surface area contributed by atoms with Gasteiger partial charge in [-0.15, -0.1) is 24.2 Å². The molecule has 0 aromatic rings. The Kier molecular flexibility index (Phi) is 4.33. The summed E-state index contributed by atoms with van der Waals surface area (Å²) in [6.45, 7) is 0.877. The predicted molar refractivity (Wildman–Crippen MR) is 114 cm³/mol. The van der Waals surface area contributed by atoms with Gasteiger partial charge in [0.15, 0.2) is 0 Å². The molecule has 7 aliphatic rings. The van der Waals surface area contributed by atoms with E-state index in [1.54, 1.807) is 0 Å². The van der Waals surface area contributed by atoms with Gasteiger partial charge < -0.3 is 5.32 Å². The number of carbonyl (C=O) groups excluding carboxylic acids is 1. The van der Waals surface area contributed by atoms with E-state index in [1.807, 2.05) is 11.8 Å². The Labute approximate surface area is 172 Å². The van der Waals surface area contributed by atoms with Gasteiger partial charge in [0.05, 0.1) is 16.4 Å². The first-order valence-electron chi connectivity index (χ1n) is 10.5. The van der Waals surface area contributed by atoms with Crippen LogP contribution in [0.4, 0.5) is 0 Å². The molecule has 7 rings (SSSR count). The number of aliphatic imine (C=N–C) groups is 1. The number of hydrogen-bond acceptors (Lipinski definition) is 3. The van der Waals surface area contributed by atoms with Crippen molar-refractivity contribution in [3.8, 4) is 0 Å². The minimum Gasteiger partial charge on any atom is -0.350 e. The first-order valence-corrected chi connectivity index (χ1v) is 11.5. The van der Waals surface area contributed by atoms with Crippen LogP contribution in [0.15, 0.2) is 29.3 Å². The second-order valence-corrected chi connectivity index (χ2v) is 11.1. The van der Waals surface area contributed by atoms with Gasteiger partial charge in [-0.2, -0.15) is 0 Å². The van der Waals surface area contributed by atoms with Gasteiger partial charge in [0, 0.05) is 17.8 Å². The van der Waals surface area contributed by atoms with Gasteiger partial charge in [-0.05, 0) is 74.7 Å². The van der Waals surface area contributed by atoms with Crippen molar-refractivity contribution in [3.05, 3.63) is 24.3 Å². The van der Waals surface area contributed by atoms with Crippen LogP contribution in [0.5, 0.6) is 0 Å². The zero-order valence-electron chi connectivity index (χ0n) is 15.7. The number of amides is 1. The van der Waals surface area contributed by atoms with Gasteiger partial charge in [0.25, 0.3) is 0 Å². The van der Waals surface area contributed by atoms with Crippen molar-refractivity contribution in [3.63, 3.8) is 0 Å². The molecule has 5 fully saturated rings. The number of allylic oxidation sites excluding steroid dienone is 3. The fourth-order valence-corrected chi connectivity index (χ4v) is 9.33. The average molecular weight is 405 g/mol. The van der Waals surface area contributed by atoms with Crippen molar-refractivity contribution in [1.29, 1.82) is 0 Å². The third kappa shape index (κ3) is 2.69. The lowest BCUT2D eigenvalue weighted by Crippen LogP contribution is -2.61. The number of nitrogens with zero attached hydrogens (tertiary/aromatic N) is 1. The van der Waals surface area contributed by atoms with Crippen molar-refractivity contribution in [1.82, 2.24) is 5.32 Å². The van der Waals surface area contributed by atoms with Crippen molar-refractivity contribution < 1.29 is 4.79 Å². The van der Waals surface area contributed by atoms with Crippen LogP contribution in [0.2, 0.25) is 0 Å². The largest absolute Gasteiger partial charge is 0.350 e. The molecule has 0 aromatic carbocycles. The third-order valence-corrected chi connectivity index (χ3v) is 9.78. The second-order valence-electron chi connectivity index (χ2n) is 9.78. The summed E-state index contributed by atoms with van der Waals surface area (Å²) in [7, 11) is 0. The highest BCUT2D eigenvalue weighted by atomic mass is 35.5. The quantitative estimate of drug-likeness (QED) is 0.749. The van der Waals surface area contributed by atoms with E-state index in [2.05, 4.69) is 29.6 Å². The molecule has 5 aliphatic carbocycles. The normalized spacial score (nSPS) is 48.4. The van der Waals surface area contributed by atoms with Crippen LogP contribution in [-0.2, 0) is 4.79 Å². The Morgan fingerprint density at radius 1 is 1.11 bits per heavy atom. The summed E-state index contributed by atoms with van der Waals surface area (Å²) >= 11 is 1.96. The first-order chi connectivity index (χ1) is 12.7. The fourth-order valence-electron chi connectivity index (χ4n) is 7.54. The molecule has 0 radical (unpaired) electrons. The summed E-state index contributed by atoms with van der Waals surface area (Å²) in [5, 5.41) is 3.66. The van der Waals surface area contributed by atoms with Crippen molar-refractivity contribution >= 4 is 35.8 Å². The number of halogens is 1. The fraction of sp³-hybridized carbons (Fsp3) is 0.727. The SMILES string of the molecule is Cl.O=C(NC12CC3CC(CC(C3)C1)C2)C1CSC23C=CC=CC2=NCCC13. The number of rotatable bonds is 2. The number of hydrogen-bond donors (Lipinski definition) is 1. The summed E-state index contributed by atoms with van der Waals surface area (Å²) in [5.74, 6) is 4.50. The molecular weight excluding hydrogens is 376 g/mol. The van der Waals surface area contributed by atoms with E-state index in [0.717, 1.165) is 36.5 Å². The zero-order chi connectivity index (χ0) is 17.4. The number of thioether (sulfide) groups is 1. The highest BCUT2D eigenvalue weighted by Crippen LogP contribution is 2.57. The van der Waals surface area contributed by atoms with E-state index in [-0.39, 0.29) is 28.6 Å². The van der Waals surface area contributed by atoms with Gasteiger partial charge in [-0.25, -0.2) is 0 Å². The minimum absolute atomic E-state index is 0. The third-order valence-electron chi connectivity index (χ3n) is 8.13. The lowest BCUT2D eigenvalue weighted by atomic mass is 9.53. The highest BCUT2D eigenvalue weighted by Gasteiger charge is 2.56. The molecule has 2 aliphatic heterocycles. The van der Waals surface area contributed by atoms with Gasteiger partial charge in [-0.1, -0.05) is 18.2 Å². The van der Waals surface area contributed by atoms with E-state index in [0.29, 0.717) is 11.8 Å².